The van der Waals surface area contributed by atoms with Crippen LogP contribution in [0.3, 0.4) is 0 Å². The van der Waals surface area contributed by atoms with E-state index >= 15 is 0 Å². The molecular weight excluding hydrogens is 521 g/mol. The van der Waals surface area contributed by atoms with Gasteiger partial charge in [-0.25, -0.2) is 0 Å². The van der Waals surface area contributed by atoms with Crippen LogP contribution in [0.1, 0.15) is 48.0 Å². The van der Waals surface area contributed by atoms with E-state index in [4.69, 9.17) is 34.8 Å². The standard InChI is InChI=1S/C27H30Cl3N3O3/c1-17(34)32-12-9-19(10-13-32)27(36)33-14-11-25(22(16-33)20-5-8-23(29)24(30)15-20)31(2)26(35)18-3-6-21(28)7-4-18/h3-8,15,19,22,25H,9-14,16H2,1-2H3/t22?,25-/m1/s1. The van der Waals surface area contributed by atoms with E-state index in [1.165, 1.54) is 0 Å². The van der Waals surface area contributed by atoms with E-state index in [2.05, 4.69) is 0 Å². The molecule has 2 fully saturated rings. The lowest BCUT2D eigenvalue weighted by Gasteiger charge is -2.44. The van der Waals surface area contributed by atoms with Gasteiger partial charge in [-0.05, 0) is 61.2 Å². The Hall–Kier alpha value is -2.28. The first-order valence-electron chi connectivity index (χ1n) is 12.2. The van der Waals surface area contributed by atoms with Gasteiger partial charge in [0.25, 0.3) is 5.91 Å². The highest BCUT2D eigenvalue weighted by Gasteiger charge is 2.39. The number of carbonyl (C=O) groups is 3. The SMILES string of the molecule is CC(=O)N1CCC(C(=O)N2CC[C@@H](N(C)C(=O)c3ccc(Cl)cc3)C(c3ccc(Cl)c(Cl)c3)C2)CC1. The van der Waals surface area contributed by atoms with Crippen LogP contribution in [-0.4, -0.2) is 71.7 Å². The van der Waals surface area contributed by atoms with Gasteiger partial charge in [-0.2, -0.15) is 0 Å². The second-order valence-corrected chi connectivity index (χ2v) is 10.9. The molecule has 2 aliphatic heterocycles. The number of halogens is 3. The number of nitrogens with zero attached hydrogens (tertiary/aromatic N) is 3. The highest BCUT2D eigenvalue weighted by Crippen LogP contribution is 2.35. The summed E-state index contributed by atoms with van der Waals surface area (Å²) in [5, 5.41) is 1.48. The number of amides is 3. The van der Waals surface area contributed by atoms with E-state index in [1.54, 1.807) is 54.1 Å². The zero-order valence-corrected chi connectivity index (χ0v) is 22.7. The third kappa shape index (κ3) is 5.82. The summed E-state index contributed by atoms with van der Waals surface area (Å²) >= 11 is 18.5. The van der Waals surface area contributed by atoms with Crippen molar-refractivity contribution in [1.82, 2.24) is 14.7 Å². The van der Waals surface area contributed by atoms with Crippen LogP contribution < -0.4 is 0 Å². The zero-order chi connectivity index (χ0) is 26.0. The lowest BCUT2D eigenvalue weighted by molar-refractivity contribution is -0.141. The smallest absolute Gasteiger partial charge is 0.253 e. The van der Waals surface area contributed by atoms with Crippen molar-refractivity contribution in [3.63, 3.8) is 0 Å². The Morgan fingerprint density at radius 3 is 2.11 bits per heavy atom. The number of hydrogen-bond acceptors (Lipinski definition) is 3. The monoisotopic (exact) mass is 549 g/mol. The molecule has 0 saturated carbocycles. The summed E-state index contributed by atoms with van der Waals surface area (Å²) < 4.78 is 0. The van der Waals surface area contributed by atoms with Crippen LogP contribution in [0.15, 0.2) is 42.5 Å². The van der Waals surface area contributed by atoms with Crippen molar-refractivity contribution in [2.24, 2.45) is 5.92 Å². The molecule has 3 amide bonds. The topological polar surface area (TPSA) is 60.9 Å². The molecule has 2 aromatic carbocycles. The van der Waals surface area contributed by atoms with Crippen molar-refractivity contribution in [1.29, 1.82) is 0 Å². The van der Waals surface area contributed by atoms with Crippen molar-refractivity contribution < 1.29 is 14.4 Å². The van der Waals surface area contributed by atoms with E-state index in [0.29, 0.717) is 66.1 Å². The van der Waals surface area contributed by atoms with E-state index in [1.807, 2.05) is 17.0 Å². The van der Waals surface area contributed by atoms with Crippen LogP contribution >= 0.6 is 34.8 Å². The normalized spacial score (nSPS) is 20.8. The maximum Gasteiger partial charge on any atom is 0.253 e. The molecule has 2 aliphatic rings. The Balaban J connectivity index is 1.55. The van der Waals surface area contributed by atoms with Gasteiger partial charge >= 0.3 is 0 Å². The highest BCUT2D eigenvalue weighted by molar-refractivity contribution is 6.42. The zero-order valence-electron chi connectivity index (χ0n) is 20.4. The average Bonchev–Trinajstić information content (AvgIpc) is 2.89. The quantitative estimate of drug-likeness (QED) is 0.515. The summed E-state index contributed by atoms with van der Waals surface area (Å²) in [7, 11) is 1.81. The Bertz CT molecular complexity index is 1130. The van der Waals surface area contributed by atoms with Gasteiger partial charge < -0.3 is 14.7 Å². The van der Waals surface area contributed by atoms with E-state index < -0.39 is 0 Å². The summed E-state index contributed by atoms with van der Waals surface area (Å²) in [5.41, 5.74) is 1.50. The number of likely N-dealkylation sites (tertiary alicyclic amines) is 2. The molecule has 36 heavy (non-hydrogen) atoms. The molecule has 1 unspecified atom stereocenters. The molecular formula is C27H30Cl3N3O3. The Morgan fingerprint density at radius 2 is 1.50 bits per heavy atom. The fraction of sp³-hybridized carbons (Fsp3) is 0.444. The largest absolute Gasteiger partial charge is 0.343 e. The Morgan fingerprint density at radius 1 is 0.861 bits per heavy atom. The third-order valence-corrected chi connectivity index (χ3v) is 8.45. The first kappa shape index (κ1) is 26.8. The fourth-order valence-corrected chi connectivity index (χ4v) is 5.75. The molecule has 0 aromatic heterocycles. The first-order chi connectivity index (χ1) is 17.2. The van der Waals surface area contributed by atoms with Crippen molar-refractivity contribution in [3.8, 4) is 0 Å². The van der Waals surface area contributed by atoms with Gasteiger partial charge in [0.2, 0.25) is 11.8 Å². The molecule has 4 rings (SSSR count). The van der Waals surface area contributed by atoms with Crippen molar-refractivity contribution in [2.45, 2.75) is 38.1 Å². The number of likely N-dealkylation sites (N-methyl/N-ethyl adjacent to an activating group) is 1. The highest BCUT2D eigenvalue weighted by atomic mass is 35.5. The first-order valence-corrected chi connectivity index (χ1v) is 13.3. The molecule has 2 heterocycles. The van der Waals surface area contributed by atoms with Gasteiger partial charge in [-0.3, -0.25) is 14.4 Å². The van der Waals surface area contributed by atoms with Crippen LogP contribution in [0.4, 0.5) is 0 Å². The minimum absolute atomic E-state index is 0.0507. The Kier molecular flexibility index (Phi) is 8.48. The number of rotatable bonds is 4. The van der Waals surface area contributed by atoms with Gasteiger partial charge in [0.15, 0.2) is 0 Å². The van der Waals surface area contributed by atoms with E-state index in [9.17, 15) is 14.4 Å². The number of hydrogen-bond donors (Lipinski definition) is 0. The summed E-state index contributed by atoms with van der Waals surface area (Å²) in [4.78, 5) is 44.0. The third-order valence-electron chi connectivity index (χ3n) is 7.46. The molecule has 2 aromatic rings. The molecule has 0 N–H and O–H groups in total. The molecule has 6 nitrogen and oxygen atoms in total. The maximum atomic E-state index is 13.5. The predicted octanol–water partition coefficient (Wildman–Crippen LogP) is 5.36. The van der Waals surface area contributed by atoms with Crippen molar-refractivity contribution in [3.05, 3.63) is 68.7 Å². The van der Waals surface area contributed by atoms with Crippen LogP contribution in [0.25, 0.3) is 0 Å². The molecule has 192 valence electrons. The molecule has 0 spiro atoms. The Labute approximate surface area is 227 Å². The minimum Gasteiger partial charge on any atom is -0.343 e. The number of benzene rings is 2. The van der Waals surface area contributed by atoms with Crippen molar-refractivity contribution in [2.75, 3.05) is 33.2 Å². The second-order valence-electron chi connectivity index (χ2n) is 9.62. The lowest BCUT2D eigenvalue weighted by Crippen LogP contribution is -2.53. The number of piperidine rings is 2. The fourth-order valence-electron chi connectivity index (χ4n) is 5.32. The van der Waals surface area contributed by atoms with Gasteiger partial charge in [-0.15, -0.1) is 0 Å². The van der Waals surface area contributed by atoms with Gasteiger partial charge in [0.1, 0.15) is 0 Å². The van der Waals surface area contributed by atoms with E-state index in [-0.39, 0.29) is 35.6 Å². The van der Waals surface area contributed by atoms with Gasteiger partial charge in [0.05, 0.1) is 10.0 Å². The van der Waals surface area contributed by atoms with Crippen LogP contribution in [-0.2, 0) is 9.59 Å². The van der Waals surface area contributed by atoms with Crippen LogP contribution in [0.2, 0.25) is 15.1 Å². The van der Waals surface area contributed by atoms with E-state index in [0.717, 1.165) is 5.56 Å². The van der Waals surface area contributed by atoms with Crippen molar-refractivity contribution >= 4 is 52.5 Å². The van der Waals surface area contributed by atoms with Crippen LogP contribution in [0.5, 0.6) is 0 Å². The summed E-state index contributed by atoms with van der Waals surface area (Å²) in [6, 6.07) is 12.2. The molecule has 2 atom stereocenters. The molecule has 0 bridgehead atoms. The number of carbonyl (C=O) groups excluding carboxylic acids is 3. The molecule has 2 saturated heterocycles. The maximum absolute atomic E-state index is 13.5. The molecule has 9 heteroatoms. The van der Waals surface area contributed by atoms with Crippen LogP contribution in [0, 0.1) is 5.92 Å². The molecule has 0 radical (unpaired) electrons. The van der Waals surface area contributed by atoms with Gasteiger partial charge in [0, 0.05) is 68.6 Å². The second kappa shape index (κ2) is 11.4. The van der Waals surface area contributed by atoms with Gasteiger partial charge in [-0.1, -0.05) is 40.9 Å². The summed E-state index contributed by atoms with van der Waals surface area (Å²) in [6.45, 7) is 3.82. The summed E-state index contributed by atoms with van der Waals surface area (Å²) in [5.74, 6) is -0.155. The molecule has 0 aliphatic carbocycles. The predicted molar refractivity (Wildman–Crippen MR) is 143 cm³/mol. The summed E-state index contributed by atoms with van der Waals surface area (Å²) in [6.07, 6.45) is 1.98. The minimum atomic E-state index is -0.131. The average molecular weight is 551 g/mol. The lowest BCUT2D eigenvalue weighted by atomic mass is 9.83.